The molecule has 0 aromatic carbocycles. The molecular formula is C5H7NO4. The van der Waals surface area contributed by atoms with Gasteiger partial charge >= 0.3 is 5.91 Å². The molecule has 0 atom stereocenters. The van der Waals surface area contributed by atoms with Crippen molar-refractivity contribution in [3.63, 3.8) is 0 Å². The molecular weight excluding hydrogens is 138 g/mol. The number of hydrogen-bond acceptors (Lipinski definition) is 4. The smallest absolute Gasteiger partial charge is 0.300 e. The Labute approximate surface area is 57.0 Å². The first kappa shape index (κ1) is 8.77. The maximum Gasteiger partial charge on any atom is 0.311 e. The topological polar surface area (TPSA) is 83.5 Å². The Hall–Kier alpha value is -1.23. The number of nitrogens with one attached hydrogen (secondary N) is 1. The molecule has 0 heterocycles. The zero-order valence-corrected chi connectivity index (χ0v) is 5.38. The number of hydrogen-bond donors (Lipinski definition) is 2. The molecule has 0 spiro atoms. The van der Waals surface area contributed by atoms with Crippen molar-refractivity contribution in [3.05, 3.63) is 0 Å². The summed E-state index contributed by atoms with van der Waals surface area (Å²) in [5.74, 6) is -2.50. The number of rotatable bonds is 3. The minimum Gasteiger partial charge on any atom is -0.300 e. The second-order valence-corrected chi connectivity index (χ2v) is 1.74. The van der Waals surface area contributed by atoms with Gasteiger partial charge in [-0.15, -0.1) is 0 Å². The van der Waals surface area contributed by atoms with Crippen molar-refractivity contribution in [2.75, 3.05) is 0 Å². The zero-order valence-electron chi connectivity index (χ0n) is 5.38. The van der Waals surface area contributed by atoms with Gasteiger partial charge in [-0.2, -0.15) is 0 Å². The van der Waals surface area contributed by atoms with Crippen molar-refractivity contribution >= 4 is 17.5 Å². The summed E-state index contributed by atoms with van der Waals surface area (Å²) in [7, 11) is 0. The monoisotopic (exact) mass is 145 g/mol. The fourth-order valence-electron chi connectivity index (χ4n) is 0.369. The van der Waals surface area contributed by atoms with Gasteiger partial charge in [0.15, 0.2) is 0 Å². The molecule has 1 amide bonds. The first-order chi connectivity index (χ1) is 4.57. The van der Waals surface area contributed by atoms with Crippen molar-refractivity contribution in [2.45, 2.75) is 13.3 Å². The lowest BCUT2D eigenvalue weighted by Gasteiger charge is -1.92. The van der Waals surface area contributed by atoms with Gasteiger partial charge in [0.05, 0.1) is 6.42 Å². The quantitative estimate of drug-likeness (QED) is 0.232. The third kappa shape index (κ3) is 2.93. The molecule has 0 fully saturated rings. The van der Waals surface area contributed by atoms with E-state index in [1.807, 2.05) is 0 Å². The Morgan fingerprint density at radius 3 is 2.20 bits per heavy atom. The molecule has 2 N–H and O–H groups in total. The van der Waals surface area contributed by atoms with Crippen LogP contribution in [0.3, 0.4) is 0 Å². The van der Waals surface area contributed by atoms with E-state index >= 15 is 0 Å². The lowest BCUT2D eigenvalue weighted by molar-refractivity contribution is -0.144. The molecule has 56 valence electrons. The number of Topliss-reactive ketones (excluding diaryl/α,β-unsaturated/α-hetero) is 2. The lowest BCUT2D eigenvalue weighted by atomic mass is 10.2. The normalized spacial score (nSPS) is 8.60. The maximum atomic E-state index is 10.4. The summed E-state index contributed by atoms with van der Waals surface area (Å²) in [6.45, 7) is 1.18. The van der Waals surface area contributed by atoms with E-state index in [0.29, 0.717) is 0 Å². The van der Waals surface area contributed by atoms with Crippen molar-refractivity contribution < 1.29 is 19.6 Å². The van der Waals surface area contributed by atoms with Crippen LogP contribution in [0.4, 0.5) is 0 Å². The van der Waals surface area contributed by atoms with Gasteiger partial charge < -0.3 is 0 Å². The van der Waals surface area contributed by atoms with Gasteiger partial charge in [-0.05, 0) is 6.92 Å². The second kappa shape index (κ2) is 3.73. The van der Waals surface area contributed by atoms with E-state index < -0.39 is 23.9 Å². The van der Waals surface area contributed by atoms with Crippen molar-refractivity contribution in [2.24, 2.45) is 0 Å². The highest BCUT2D eigenvalue weighted by Gasteiger charge is 2.13. The molecule has 0 aliphatic carbocycles. The van der Waals surface area contributed by atoms with E-state index in [0.717, 1.165) is 5.48 Å². The van der Waals surface area contributed by atoms with Gasteiger partial charge in [-0.1, -0.05) is 0 Å². The Morgan fingerprint density at radius 1 is 1.40 bits per heavy atom. The molecule has 5 nitrogen and oxygen atoms in total. The van der Waals surface area contributed by atoms with Crippen LogP contribution < -0.4 is 5.48 Å². The predicted octanol–water partition coefficient (Wildman–Crippen LogP) is -0.960. The Bertz CT molecular complexity index is 174. The van der Waals surface area contributed by atoms with Crippen LogP contribution in [-0.4, -0.2) is 22.7 Å². The van der Waals surface area contributed by atoms with Gasteiger partial charge in [-0.3, -0.25) is 19.6 Å². The van der Waals surface area contributed by atoms with E-state index in [9.17, 15) is 14.4 Å². The Morgan fingerprint density at radius 2 is 1.90 bits per heavy atom. The molecule has 0 aliphatic rings. The second-order valence-electron chi connectivity index (χ2n) is 1.74. The van der Waals surface area contributed by atoms with Crippen molar-refractivity contribution in [3.8, 4) is 0 Å². The number of amides is 1. The fourth-order valence-corrected chi connectivity index (χ4v) is 0.369. The van der Waals surface area contributed by atoms with Crippen LogP contribution in [0, 0.1) is 0 Å². The highest BCUT2D eigenvalue weighted by atomic mass is 16.5. The van der Waals surface area contributed by atoms with Gasteiger partial charge in [-0.25, -0.2) is 5.48 Å². The molecule has 0 aliphatic heterocycles. The summed E-state index contributed by atoms with van der Waals surface area (Å²) >= 11 is 0. The standard InChI is InChI=1S/C5H7NO4/c1-3(7)2-4(8)5(9)6-10/h10H,2H2,1H3,(H,6,9). The number of ketones is 2. The van der Waals surface area contributed by atoms with Crippen LogP contribution >= 0.6 is 0 Å². The first-order valence-electron chi connectivity index (χ1n) is 2.54. The van der Waals surface area contributed by atoms with E-state index in [2.05, 4.69) is 0 Å². The van der Waals surface area contributed by atoms with Crippen LogP contribution in [-0.2, 0) is 14.4 Å². The van der Waals surface area contributed by atoms with E-state index in [1.165, 1.54) is 6.92 Å². The van der Waals surface area contributed by atoms with Crippen LogP contribution in [0.1, 0.15) is 13.3 Å². The number of hydroxylamine groups is 1. The van der Waals surface area contributed by atoms with Crippen LogP contribution in [0.2, 0.25) is 0 Å². The first-order valence-corrected chi connectivity index (χ1v) is 2.54. The average molecular weight is 145 g/mol. The largest absolute Gasteiger partial charge is 0.311 e. The number of carbonyl (C=O) groups is 3. The van der Waals surface area contributed by atoms with E-state index in [1.54, 1.807) is 0 Å². The van der Waals surface area contributed by atoms with E-state index in [4.69, 9.17) is 5.21 Å². The molecule has 0 saturated carbocycles. The molecule has 0 rings (SSSR count). The molecule has 0 aromatic rings. The SMILES string of the molecule is CC(=O)CC(=O)C(=O)NO. The molecule has 0 radical (unpaired) electrons. The summed E-state index contributed by atoms with van der Waals surface area (Å²) in [5.41, 5.74) is 1.13. The average Bonchev–Trinajstić information content (AvgIpc) is 1.85. The fraction of sp³-hybridized carbons (Fsp3) is 0.400. The van der Waals surface area contributed by atoms with Gasteiger partial charge in [0.2, 0.25) is 5.78 Å². The predicted molar refractivity (Wildman–Crippen MR) is 30.2 cm³/mol. The van der Waals surface area contributed by atoms with E-state index in [-0.39, 0.29) is 0 Å². The summed E-state index contributed by atoms with van der Waals surface area (Å²) < 4.78 is 0. The minimum absolute atomic E-state index is 0.409. The van der Waals surface area contributed by atoms with Crippen LogP contribution in [0.25, 0.3) is 0 Å². The molecule has 5 heteroatoms. The highest BCUT2D eigenvalue weighted by Crippen LogP contribution is 1.83. The summed E-state index contributed by atoms with van der Waals surface area (Å²) in [6.07, 6.45) is -0.466. The Balaban J connectivity index is 3.86. The molecule has 0 saturated heterocycles. The van der Waals surface area contributed by atoms with Crippen LogP contribution in [0.5, 0.6) is 0 Å². The summed E-state index contributed by atoms with van der Waals surface area (Å²) in [6, 6.07) is 0. The third-order valence-electron chi connectivity index (χ3n) is 0.764. The summed E-state index contributed by atoms with van der Waals surface area (Å²) in [4.78, 5) is 30.8. The minimum atomic E-state index is -1.16. The molecule has 0 bridgehead atoms. The summed E-state index contributed by atoms with van der Waals surface area (Å²) in [5, 5.41) is 7.89. The molecule has 0 aromatic heterocycles. The van der Waals surface area contributed by atoms with Crippen molar-refractivity contribution in [1.82, 2.24) is 5.48 Å². The third-order valence-corrected chi connectivity index (χ3v) is 0.764. The number of carbonyl (C=O) groups excluding carboxylic acids is 3. The van der Waals surface area contributed by atoms with Crippen molar-refractivity contribution in [1.29, 1.82) is 0 Å². The molecule has 10 heavy (non-hydrogen) atoms. The van der Waals surface area contributed by atoms with Gasteiger partial charge in [0.25, 0.3) is 0 Å². The molecule has 0 unspecified atom stereocenters. The maximum absolute atomic E-state index is 10.4. The van der Waals surface area contributed by atoms with Gasteiger partial charge in [0.1, 0.15) is 5.78 Å². The van der Waals surface area contributed by atoms with Gasteiger partial charge in [0, 0.05) is 0 Å². The zero-order chi connectivity index (χ0) is 8.15. The highest BCUT2D eigenvalue weighted by molar-refractivity contribution is 6.38. The Kier molecular flexibility index (Phi) is 3.27. The lowest BCUT2D eigenvalue weighted by Crippen LogP contribution is -2.29. The van der Waals surface area contributed by atoms with Crippen LogP contribution in [0.15, 0.2) is 0 Å².